The molecule has 0 radical (unpaired) electrons. The van der Waals surface area contributed by atoms with Crippen LogP contribution in [0.4, 0.5) is 0 Å². The van der Waals surface area contributed by atoms with Gasteiger partial charge in [-0.2, -0.15) is 0 Å². The van der Waals surface area contributed by atoms with Gasteiger partial charge in [-0.3, -0.25) is 0 Å². The van der Waals surface area contributed by atoms with E-state index in [4.69, 9.17) is 18.9 Å². The Morgan fingerprint density at radius 1 is 0.667 bits per heavy atom. The molecule has 1 fully saturated rings. The molecule has 0 aromatic heterocycles. The van der Waals surface area contributed by atoms with Gasteiger partial charge in [-0.15, -0.1) is 0 Å². The van der Waals surface area contributed by atoms with E-state index in [9.17, 15) is 4.79 Å². The van der Waals surface area contributed by atoms with E-state index in [1.165, 1.54) is 32.6 Å². The van der Waals surface area contributed by atoms with Crippen LogP contribution in [0.25, 0.3) is 0 Å². The van der Waals surface area contributed by atoms with Crippen molar-refractivity contribution in [3.8, 4) is 0 Å². The van der Waals surface area contributed by atoms with Gasteiger partial charge < -0.3 is 0 Å². The summed E-state index contributed by atoms with van der Waals surface area (Å²) in [5.41, 5.74) is 3.31. The van der Waals surface area contributed by atoms with Gasteiger partial charge in [0, 0.05) is 0 Å². The van der Waals surface area contributed by atoms with Crippen molar-refractivity contribution >= 4 is 24.3 Å². The van der Waals surface area contributed by atoms with Crippen molar-refractivity contribution in [1.82, 2.24) is 5.32 Å². The van der Waals surface area contributed by atoms with Crippen molar-refractivity contribution in [3.63, 3.8) is 0 Å². The first kappa shape index (κ1) is 38.6. The van der Waals surface area contributed by atoms with Gasteiger partial charge >= 0.3 is 295 Å². The number of unbranched alkanes of at least 4 members (excludes halogenated alkanes) is 3. The third-order valence-corrected chi connectivity index (χ3v) is 26.1. The summed E-state index contributed by atoms with van der Waals surface area (Å²) in [6, 6.07) is 30.6. The number of carbonyl (C=O) groups excluding carboxylic acids is 1. The Morgan fingerprint density at radius 2 is 1.10 bits per heavy atom. The molecule has 1 aliphatic rings. The molecule has 1 N–H and O–H groups in total. The summed E-state index contributed by atoms with van der Waals surface area (Å²) in [6.07, 6.45) is 5.92. The Labute approximate surface area is 294 Å². The van der Waals surface area contributed by atoms with Crippen molar-refractivity contribution in [1.29, 1.82) is 0 Å². The standard InChI is InChI=1S/C29H32NO5.3C4H9.Sn/c1-22(31)30-26-20-33-27(21-32-17-23-11-5-2-6-12-23)29(35-19-25-15-9-4-10-16-25)28(26)34-18-24-13-7-3-8-14-24;3*1-3-4-2;/h2-16,20,26-29H,17-19,21H2,1H3,(H,30,31);3*1,3-4H2,2H3;/t26?,27?,28?,29-;;;;/m1..../s1. The van der Waals surface area contributed by atoms with Crippen molar-refractivity contribution in [2.75, 3.05) is 6.61 Å². The predicted octanol–water partition coefficient (Wildman–Crippen LogP) is 9.03. The van der Waals surface area contributed by atoms with E-state index in [0.29, 0.717) is 26.4 Å². The molecule has 0 aliphatic carbocycles. The third kappa shape index (κ3) is 11.7. The third-order valence-electron chi connectivity index (χ3n) is 9.71. The molecule has 7 heteroatoms. The van der Waals surface area contributed by atoms with Crippen LogP contribution in [-0.2, 0) is 43.6 Å². The first-order valence-corrected chi connectivity index (χ1v) is 26.0. The van der Waals surface area contributed by atoms with Crippen LogP contribution in [-0.4, -0.2) is 59.4 Å². The molecular formula is C41H59NO5Sn. The zero-order valence-corrected chi connectivity index (χ0v) is 32.6. The van der Waals surface area contributed by atoms with Crippen molar-refractivity contribution in [3.05, 3.63) is 108 Å². The second-order valence-electron chi connectivity index (χ2n) is 13.5. The Kier molecular flexibility index (Phi) is 16.9. The van der Waals surface area contributed by atoms with Crippen LogP contribution in [0.2, 0.25) is 13.3 Å². The monoisotopic (exact) mass is 765 g/mol. The second-order valence-corrected chi connectivity index (χ2v) is 27.2. The molecule has 1 saturated heterocycles. The number of benzene rings is 3. The van der Waals surface area contributed by atoms with Gasteiger partial charge in [-0.25, -0.2) is 0 Å². The molecule has 3 unspecified atom stereocenters. The number of carbonyl (C=O) groups is 1. The van der Waals surface area contributed by atoms with Crippen molar-refractivity contribution in [2.24, 2.45) is 0 Å². The number of ether oxygens (including phenoxy) is 4. The van der Waals surface area contributed by atoms with Crippen LogP contribution >= 0.6 is 0 Å². The van der Waals surface area contributed by atoms with Crippen LogP contribution in [0.5, 0.6) is 0 Å². The maximum absolute atomic E-state index is 13.1. The second kappa shape index (κ2) is 21.1. The summed E-state index contributed by atoms with van der Waals surface area (Å²) >= 11 is -3.16. The first-order chi connectivity index (χ1) is 23.5. The molecule has 1 heterocycles. The van der Waals surface area contributed by atoms with E-state index < -0.39 is 30.6 Å². The molecule has 0 saturated carbocycles. The number of hydrogen-bond donors (Lipinski definition) is 1. The fraction of sp³-hybridized carbons (Fsp3) is 0.537. The van der Waals surface area contributed by atoms with E-state index in [-0.39, 0.29) is 22.2 Å². The molecule has 4 rings (SSSR count). The minimum atomic E-state index is -3.16. The van der Waals surface area contributed by atoms with Gasteiger partial charge in [0.15, 0.2) is 0 Å². The fourth-order valence-corrected chi connectivity index (χ4v) is 25.1. The summed E-state index contributed by atoms with van der Waals surface area (Å²) in [6.45, 7) is 10.2. The first-order valence-electron chi connectivity index (χ1n) is 18.3. The Bertz CT molecular complexity index is 1270. The summed E-state index contributed by atoms with van der Waals surface area (Å²) in [7, 11) is 0. The van der Waals surface area contributed by atoms with Gasteiger partial charge in [-0.05, 0) is 0 Å². The maximum atomic E-state index is 13.1. The Balaban J connectivity index is 1.77. The average molecular weight is 765 g/mol. The molecule has 6 nitrogen and oxygen atoms in total. The Hall–Kier alpha value is -2.23. The summed E-state index contributed by atoms with van der Waals surface area (Å²) in [5.74, 6) is -0.0517. The van der Waals surface area contributed by atoms with Gasteiger partial charge in [-0.1, -0.05) is 0 Å². The van der Waals surface area contributed by atoms with Gasteiger partial charge in [0.25, 0.3) is 0 Å². The molecule has 3 aromatic rings. The van der Waals surface area contributed by atoms with Crippen LogP contribution in [0.15, 0.2) is 91.0 Å². The van der Waals surface area contributed by atoms with Gasteiger partial charge in [0.05, 0.1) is 0 Å². The van der Waals surface area contributed by atoms with Crippen molar-refractivity contribution < 1.29 is 23.7 Å². The van der Waals surface area contributed by atoms with Crippen LogP contribution < -0.4 is 5.32 Å². The topological polar surface area (TPSA) is 66.0 Å². The molecule has 0 spiro atoms. The molecular weight excluding hydrogens is 705 g/mol. The molecule has 0 bridgehead atoms. The van der Waals surface area contributed by atoms with Crippen LogP contribution in [0, 0.1) is 0 Å². The zero-order valence-electron chi connectivity index (χ0n) is 29.8. The number of hydrogen-bond acceptors (Lipinski definition) is 5. The van der Waals surface area contributed by atoms with Crippen molar-refractivity contribution in [2.45, 2.75) is 128 Å². The number of amides is 1. The van der Waals surface area contributed by atoms with Gasteiger partial charge in [0.2, 0.25) is 0 Å². The zero-order chi connectivity index (χ0) is 34.0. The summed E-state index contributed by atoms with van der Waals surface area (Å²) < 4.78 is 31.4. The fourth-order valence-electron chi connectivity index (χ4n) is 7.18. The number of rotatable bonds is 21. The normalized spacial score (nSPS) is 21.2. The van der Waals surface area contributed by atoms with E-state index in [2.05, 4.69) is 62.5 Å². The van der Waals surface area contributed by atoms with E-state index in [0.717, 1.165) is 36.0 Å². The van der Waals surface area contributed by atoms with E-state index in [1.54, 1.807) is 6.92 Å². The molecule has 5 atom stereocenters. The quantitative estimate of drug-likeness (QED) is 0.110. The minimum absolute atomic E-state index is 0.0458. The van der Waals surface area contributed by atoms with E-state index in [1.807, 2.05) is 54.6 Å². The van der Waals surface area contributed by atoms with Crippen LogP contribution in [0.3, 0.4) is 0 Å². The molecule has 1 aliphatic heterocycles. The predicted molar refractivity (Wildman–Crippen MR) is 197 cm³/mol. The van der Waals surface area contributed by atoms with Gasteiger partial charge in [0.1, 0.15) is 0 Å². The summed E-state index contributed by atoms with van der Waals surface area (Å²) in [5, 5.41) is 3.43. The van der Waals surface area contributed by atoms with Crippen LogP contribution in [0.1, 0.15) is 82.9 Å². The molecule has 262 valence electrons. The summed E-state index contributed by atoms with van der Waals surface area (Å²) in [4.78, 5) is 13.1. The SMILES string of the molecule is CCC[CH2][Sn]([CH2]CCC)([CH2]CCC)[C@@H]1OC(COCc2ccccc2)[C@@H](OCc2ccccc2)C(OCc2ccccc2)C1NC(C)=O. The molecule has 1 amide bonds. The average Bonchev–Trinajstić information content (AvgIpc) is 3.11. The molecule has 3 aromatic carbocycles. The molecule has 48 heavy (non-hydrogen) atoms. The van der Waals surface area contributed by atoms with E-state index >= 15 is 0 Å². The Morgan fingerprint density at radius 3 is 1.54 bits per heavy atom. The number of nitrogens with one attached hydrogen (secondary N) is 1.